The van der Waals surface area contributed by atoms with E-state index >= 15 is 0 Å². The highest BCUT2D eigenvalue weighted by atomic mass is 35.5. The lowest BCUT2D eigenvalue weighted by molar-refractivity contribution is -0.143. The first-order valence-corrected chi connectivity index (χ1v) is 4.92. The summed E-state index contributed by atoms with van der Waals surface area (Å²) in [5.74, 6) is -1.43. The maximum absolute atomic E-state index is 12.6. The molecule has 1 aromatic carbocycles. The Bertz CT molecular complexity index is 506. The number of hydrogen-bond acceptors (Lipinski definition) is 2. The molecule has 9 heteroatoms. The number of hydrogen-bond donors (Lipinski definition) is 0. The van der Waals surface area contributed by atoms with Crippen LogP contribution >= 0.6 is 11.6 Å². The van der Waals surface area contributed by atoms with Crippen molar-refractivity contribution in [3.05, 3.63) is 33.8 Å². The predicted octanol–water partition coefficient (Wildman–Crippen LogP) is 4.16. The van der Waals surface area contributed by atoms with Crippen molar-refractivity contribution in [3.63, 3.8) is 0 Å². The lowest BCUT2D eigenvalue weighted by Crippen LogP contribution is -2.17. The molecule has 0 heterocycles. The second-order valence-corrected chi connectivity index (χ2v) is 3.77. The summed E-state index contributed by atoms with van der Waals surface area (Å²) in [7, 11) is 0.800. The van der Waals surface area contributed by atoms with E-state index < -0.39 is 40.0 Å². The number of carbonyl (C=O) groups excluding carboxylic acids is 1. The van der Waals surface area contributed by atoms with Crippen molar-refractivity contribution in [1.82, 2.24) is 0 Å². The fraction of sp³-hybridized carbons (Fsp3) is 0.300. The summed E-state index contributed by atoms with van der Waals surface area (Å²) in [4.78, 5) is 11.1. The Morgan fingerprint density at radius 2 is 1.53 bits per heavy atom. The van der Waals surface area contributed by atoms with Gasteiger partial charge in [0.25, 0.3) is 0 Å². The Balaban J connectivity index is 3.60. The van der Waals surface area contributed by atoms with Crippen molar-refractivity contribution >= 4 is 17.6 Å². The Morgan fingerprint density at radius 3 is 1.89 bits per heavy atom. The third kappa shape index (κ3) is 3.31. The number of ether oxygens (including phenoxy) is 1. The molecule has 2 nitrogen and oxygen atoms in total. The Hall–Kier alpha value is -1.44. The molecular weight excluding hydrogens is 302 g/mol. The summed E-state index contributed by atoms with van der Waals surface area (Å²) >= 11 is 5.24. The quantitative estimate of drug-likeness (QED) is 0.575. The summed E-state index contributed by atoms with van der Waals surface area (Å²) in [6.07, 6.45) is -10.2. The topological polar surface area (TPSA) is 26.3 Å². The van der Waals surface area contributed by atoms with E-state index in [-0.39, 0.29) is 6.07 Å². The zero-order valence-corrected chi connectivity index (χ0v) is 9.87. The van der Waals surface area contributed by atoms with E-state index in [0.717, 1.165) is 7.11 Å². The van der Waals surface area contributed by atoms with Gasteiger partial charge in [-0.3, -0.25) is 0 Å². The summed E-state index contributed by atoms with van der Waals surface area (Å²) in [6, 6.07) is 0.0770. The van der Waals surface area contributed by atoms with Crippen molar-refractivity contribution in [2.75, 3.05) is 7.11 Å². The van der Waals surface area contributed by atoms with Crippen LogP contribution < -0.4 is 0 Å². The van der Waals surface area contributed by atoms with Gasteiger partial charge in [-0.2, -0.15) is 26.3 Å². The molecule has 0 aliphatic carbocycles. The smallest absolute Gasteiger partial charge is 0.417 e. The van der Waals surface area contributed by atoms with Gasteiger partial charge in [-0.05, 0) is 12.1 Å². The largest absolute Gasteiger partial charge is 0.465 e. The first kappa shape index (κ1) is 15.6. The highest BCUT2D eigenvalue weighted by Crippen LogP contribution is 2.41. The number of halogens is 7. The lowest BCUT2D eigenvalue weighted by Gasteiger charge is -2.16. The maximum atomic E-state index is 12.6. The minimum absolute atomic E-state index is 0.214. The van der Waals surface area contributed by atoms with Crippen molar-refractivity contribution in [2.24, 2.45) is 0 Å². The SMILES string of the molecule is COC(=O)c1cc(Cl)c(C(F)(F)F)cc1C(F)(F)F. The van der Waals surface area contributed by atoms with Crippen LogP contribution in [0.4, 0.5) is 26.3 Å². The fourth-order valence-electron chi connectivity index (χ4n) is 1.30. The Morgan fingerprint density at radius 1 is 1.05 bits per heavy atom. The van der Waals surface area contributed by atoms with Crippen LogP contribution in [0.5, 0.6) is 0 Å². The lowest BCUT2D eigenvalue weighted by atomic mass is 10.0. The average Bonchev–Trinajstić information content (AvgIpc) is 2.24. The third-order valence-electron chi connectivity index (χ3n) is 2.12. The molecule has 0 unspecified atom stereocenters. The molecule has 0 aliphatic rings. The van der Waals surface area contributed by atoms with Gasteiger partial charge < -0.3 is 4.74 Å². The molecule has 0 spiro atoms. The number of methoxy groups -OCH3 is 1. The normalized spacial score (nSPS) is 12.4. The minimum atomic E-state index is -5.14. The van der Waals surface area contributed by atoms with Crippen LogP contribution in [0.25, 0.3) is 0 Å². The number of esters is 1. The molecule has 0 radical (unpaired) electrons. The van der Waals surface area contributed by atoms with Crippen LogP contribution in [0.1, 0.15) is 21.5 Å². The van der Waals surface area contributed by atoms with Crippen molar-refractivity contribution in [2.45, 2.75) is 12.4 Å². The van der Waals surface area contributed by atoms with Gasteiger partial charge >= 0.3 is 18.3 Å². The second kappa shape index (κ2) is 4.92. The summed E-state index contributed by atoms with van der Waals surface area (Å²) < 4.78 is 79.3. The highest BCUT2D eigenvalue weighted by molar-refractivity contribution is 6.31. The molecule has 0 amide bonds. The second-order valence-electron chi connectivity index (χ2n) is 3.36. The summed E-state index contributed by atoms with van der Waals surface area (Å²) in [5.41, 5.74) is -4.50. The van der Waals surface area contributed by atoms with Gasteiger partial charge in [-0.15, -0.1) is 0 Å². The standard InChI is InChI=1S/C10H5ClF6O2/c1-19-8(18)4-2-7(11)6(10(15,16)17)3-5(4)9(12,13)14/h2-3H,1H3. The number of benzene rings is 1. The van der Waals surface area contributed by atoms with Crippen LogP contribution in [0, 0.1) is 0 Å². The van der Waals surface area contributed by atoms with E-state index in [0.29, 0.717) is 6.07 Å². The molecule has 0 aliphatic heterocycles. The van der Waals surface area contributed by atoms with Crippen molar-refractivity contribution < 1.29 is 35.9 Å². The van der Waals surface area contributed by atoms with E-state index in [9.17, 15) is 31.1 Å². The van der Waals surface area contributed by atoms with E-state index in [2.05, 4.69) is 4.74 Å². The van der Waals surface area contributed by atoms with Gasteiger partial charge in [-0.1, -0.05) is 11.6 Å². The molecule has 1 rings (SSSR count). The van der Waals surface area contributed by atoms with Gasteiger partial charge in [0.2, 0.25) is 0 Å². The molecule has 0 aromatic heterocycles. The average molecular weight is 307 g/mol. The molecule has 1 aromatic rings. The molecular formula is C10H5ClF6O2. The predicted molar refractivity (Wildman–Crippen MR) is 52.8 cm³/mol. The molecule has 0 saturated heterocycles. The molecule has 0 saturated carbocycles. The van der Waals surface area contributed by atoms with Gasteiger partial charge in [0.05, 0.1) is 28.8 Å². The zero-order chi connectivity index (χ0) is 15.0. The van der Waals surface area contributed by atoms with E-state index in [1.807, 2.05) is 0 Å². The van der Waals surface area contributed by atoms with Crippen LogP contribution in [0.15, 0.2) is 12.1 Å². The molecule has 0 atom stereocenters. The summed E-state index contributed by atoms with van der Waals surface area (Å²) in [5, 5.41) is -1.01. The van der Waals surface area contributed by atoms with Gasteiger partial charge in [0.1, 0.15) is 0 Å². The summed E-state index contributed by atoms with van der Waals surface area (Å²) in [6.45, 7) is 0. The number of carbonyl (C=O) groups is 1. The van der Waals surface area contributed by atoms with E-state index in [4.69, 9.17) is 11.6 Å². The number of alkyl halides is 6. The fourth-order valence-corrected chi connectivity index (χ4v) is 1.57. The molecule has 0 bridgehead atoms. The van der Waals surface area contributed by atoms with Gasteiger partial charge in [0, 0.05) is 0 Å². The first-order valence-electron chi connectivity index (χ1n) is 4.54. The Kier molecular flexibility index (Phi) is 4.04. The third-order valence-corrected chi connectivity index (χ3v) is 2.44. The van der Waals surface area contributed by atoms with Crippen molar-refractivity contribution in [1.29, 1.82) is 0 Å². The van der Waals surface area contributed by atoms with Crippen molar-refractivity contribution in [3.8, 4) is 0 Å². The number of rotatable bonds is 1. The first-order chi connectivity index (χ1) is 8.48. The van der Waals surface area contributed by atoms with Gasteiger partial charge in [0.15, 0.2) is 0 Å². The van der Waals surface area contributed by atoms with Crippen LogP contribution in [0.3, 0.4) is 0 Å². The minimum Gasteiger partial charge on any atom is -0.465 e. The van der Waals surface area contributed by atoms with Crippen LogP contribution in [0.2, 0.25) is 5.02 Å². The zero-order valence-electron chi connectivity index (χ0n) is 9.12. The van der Waals surface area contributed by atoms with Crippen LogP contribution in [-0.4, -0.2) is 13.1 Å². The Labute approximate surface area is 107 Å². The van der Waals surface area contributed by atoms with E-state index in [1.165, 1.54) is 0 Å². The van der Waals surface area contributed by atoms with Gasteiger partial charge in [-0.25, -0.2) is 4.79 Å². The molecule has 19 heavy (non-hydrogen) atoms. The highest BCUT2D eigenvalue weighted by Gasteiger charge is 2.41. The van der Waals surface area contributed by atoms with E-state index in [1.54, 1.807) is 0 Å². The van der Waals surface area contributed by atoms with Crippen LogP contribution in [-0.2, 0) is 17.1 Å². The molecule has 0 N–H and O–H groups in total. The maximum Gasteiger partial charge on any atom is 0.417 e. The monoisotopic (exact) mass is 306 g/mol. The molecule has 106 valence electrons. The molecule has 0 fully saturated rings.